The molecule has 160 valence electrons. The summed E-state index contributed by atoms with van der Waals surface area (Å²) in [4.78, 5) is 24.3. The molecule has 0 aromatic carbocycles. The van der Waals surface area contributed by atoms with E-state index in [1.807, 2.05) is 19.9 Å². The molecule has 7 nitrogen and oxygen atoms in total. The summed E-state index contributed by atoms with van der Waals surface area (Å²) in [6.45, 7) is 8.39. The van der Waals surface area contributed by atoms with Crippen molar-refractivity contribution in [3.05, 3.63) is 35.1 Å². The Bertz CT molecular complexity index is 750. The summed E-state index contributed by atoms with van der Waals surface area (Å²) in [5.74, 6) is -0.743. The molecular weight excluding hydrogens is 374 g/mol. The summed E-state index contributed by atoms with van der Waals surface area (Å²) in [7, 11) is 1.49. The quantitative estimate of drug-likeness (QED) is 0.396. The van der Waals surface area contributed by atoms with E-state index in [-0.39, 0.29) is 24.5 Å². The first kappa shape index (κ1) is 21.4. The third-order valence-electron chi connectivity index (χ3n) is 5.96. The predicted molar refractivity (Wildman–Crippen MR) is 107 cm³/mol. The Morgan fingerprint density at radius 2 is 2.07 bits per heavy atom. The van der Waals surface area contributed by atoms with Gasteiger partial charge in [0, 0.05) is 13.0 Å². The van der Waals surface area contributed by atoms with Gasteiger partial charge < -0.3 is 24.3 Å². The highest BCUT2D eigenvalue weighted by atomic mass is 16.7. The lowest BCUT2D eigenvalue weighted by Crippen LogP contribution is -2.44. The third kappa shape index (κ3) is 4.66. The zero-order valence-corrected chi connectivity index (χ0v) is 17.8. The summed E-state index contributed by atoms with van der Waals surface area (Å²) >= 11 is 0. The van der Waals surface area contributed by atoms with E-state index in [9.17, 15) is 9.59 Å². The van der Waals surface area contributed by atoms with Gasteiger partial charge in [0.15, 0.2) is 0 Å². The van der Waals surface area contributed by atoms with Crippen LogP contribution in [0.1, 0.15) is 47.0 Å². The molecule has 3 rings (SSSR count). The molecule has 1 amide bonds. The van der Waals surface area contributed by atoms with Crippen molar-refractivity contribution in [2.75, 3.05) is 13.7 Å². The molecule has 0 spiro atoms. The summed E-state index contributed by atoms with van der Waals surface area (Å²) < 4.78 is 22.2. The van der Waals surface area contributed by atoms with Crippen molar-refractivity contribution >= 4 is 12.1 Å². The molecule has 5 atom stereocenters. The van der Waals surface area contributed by atoms with Crippen LogP contribution in [0.5, 0.6) is 0 Å². The van der Waals surface area contributed by atoms with E-state index in [0.29, 0.717) is 12.0 Å². The van der Waals surface area contributed by atoms with Gasteiger partial charge in [0.1, 0.15) is 12.2 Å². The second-order valence-corrected chi connectivity index (χ2v) is 8.36. The number of carbonyl (C=O) groups is 2. The topological polar surface area (TPSA) is 86.4 Å². The first-order chi connectivity index (χ1) is 13.8. The molecular formula is C22H31NO6. The third-order valence-corrected chi connectivity index (χ3v) is 5.96. The lowest BCUT2D eigenvalue weighted by atomic mass is 9.82. The number of fused-ring (bicyclic) bond motifs is 3. The van der Waals surface area contributed by atoms with Crippen molar-refractivity contribution < 1.29 is 28.5 Å². The molecule has 0 aromatic rings. The number of amides is 1. The number of hydrogen-bond acceptors (Lipinski definition) is 6. The van der Waals surface area contributed by atoms with Gasteiger partial charge in [-0.25, -0.2) is 9.59 Å². The van der Waals surface area contributed by atoms with Crippen LogP contribution in [0.25, 0.3) is 0 Å². The highest BCUT2D eigenvalue weighted by Crippen LogP contribution is 2.61. The molecule has 1 saturated heterocycles. The van der Waals surface area contributed by atoms with Crippen molar-refractivity contribution in [1.82, 2.24) is 5.32 Å². The Kier molecular flexibility index (Phi) is 6.36. The molecule has 7 heteroatoms. The smallest absolute Gasteiger partial charge is 0.409 e. The Balaban J connectivity index is 1.60. The van der Waals surface area contributed by atoms with Crippen LogP contribution < -0.4 is 5.32 Å². The van der Waals surface area contributed by atoms with Crippen LogP contribution in [0.15, 0.2) is 35.1 Å². The number of nitrogens with one attached hydrogen (secondary N) is 1. The first-order valence-electron chi connectivity index (χ1n) is 10.1. The number of carbonyl (C=O) groups excluding carboxylic acids is 2. The van der Waals surface area contributed by atoms with Crippen molar-refractivity contribution in [3.63, 3.8) is 0 Å². The zero-order valence-electron chi connectivity index (χ0n) is 17.8. The summed E-state index contributed by atoms with van der Waals surface area (Å²) in [5.41, 5.74) is 2.53. The maximum Gasteiger partial charge on any atom is 0.409 e. The number of esters is 1. The Morgan fingerprint density at radius 3 is 2.76 bits per heavy atom. The van der Waals surface area contributed by atoms with E-state index < -0.39 is 24.0 Å². The highest BCUT2D eigenvalue weighted by Gasteiger charge is 2.71. The number of ether oxygens (including phenoxy) is 4. The molecule has 1 N–H and O–H groups in total. The average Bonchev–Trinajstić information content (AvgIpc) is 3.22. The maximum atomic E-state index is 12.7. The summed E-state index contributed by atoms with van der Waals surface area (Å²) in [6.07, 6.45) is 6.81. The minimum atomic E-state index is -0.786. The van der Waals surface area contributed by atoms with Gasteiger partial charge in [-0.15, -0.1) is 0 Å². The minimum Gasteiger partial charge on any atom is -0.461 e. The average molecular weight is 405 g/mol. The van der Waals surface area contributed by atoms with Crippen LogP contribution in [-0.2, 0) is 23.7 Å². The zero-order chi connectivity index (χ0) is 21.2. The molecule has 1 aliphatic carbocycles. The van der Waals surface area contributed by atoms with Gasteiger partial charge in [0.05, 0.1) is 23.9 Å². The van der Waals surface area contributed by atoms with E-state index in [4.69, 9.17) is 18.9 Å². The minimum absolute atomic E-state index is 0.0448. The molecule has 3 aliphatic rings. The van der Waals surface area contributed by atoms with Crippen molar-refractivity contribution in [1.29, 1.82) is 0 Å². The van der Waals surface area contributed by atoms with Gasteiger partial charge in [0.2, 0.25) is 0 Å². The van der Waals surface area contributed by atoms with Crippen LogP contribution in [-0.4, -0.2) is 43.7 Å². The molecule has 2 aliphatic heterocycles. The number of hydrogen-bond donors (Lipinski definition) is 1. The Hall–Kier alpha value is -2.28. The molecule has 0 bridgehead atoms. The van der Waals surface area contributed by atoms with E-state index in [2.05, 4.69) is 25.2 Å². The van der Waals surface area contributed by atoms with E-state index in [1.165, 1.54) is 24.5 Å². The second kappa shape index (κ2) is 8.61. The van der Waals surface area contributed by atoms with Gasteiger partial charge in [-0.1, -0.05) is 17.2 Å². The van der Waals surface area contributed by atoms with Crippen LogP contribution in [0.4, 0.5) is 4.79 Å². The second-order valence-electron chi connectivity index (χ2n) is 8.36. The molecule has 0 unspecified atom stereocenters. The van der Waals surface area contributed by atoms with Crippen molar-refractivity contribution in [3.8, 4) is 0 Å². The molecule has 2 fully saturated rings. The van der Waals surface area contributed by atoms with Crippen LogP contribution in [0.2, 0.25) is 0 Å². The maximum absolute atomic E-state index is 12.7. The standard InChI is InChI=1S/C22H31NO6/c1-13(2)7-6-8-14(3)9-10-26-19(24)16-12-27-20(28-21(25)23-5)18-15(16)11-17-22(18,4)29-17/h7,9,12,15,17-18,20H,6,8,10-11H2,1-5H3,(H,23,25)/t15-,17+,18-,20+,22+/m1/s1. The van der Waals surface area contributed by atoms with Gasteiger partial charge in [-0.3, -0.25) is 0 Å². The highest BCUT2D eigenvalue weighted by molar-refractivity contribution is 5.89. The molecule has 2 heterocycles. The van der Waals surface area contributed by atoms with E-state index in [0.717, 1.165) is 12.8 Å². The van der Waals surface area contributed by atoms with Crippen molar-refractivity contribution in [2.45, 2.75) is 65.0 Å². The van der Waals surface area contributed by atoms with E-state index in [1.54, 1.807) is 0 Å². The van der Waals surface area contributed by atoms with Crippen molar-refractivity contribution in [2.24, 2.45) is 11.8 Å². The molecule has 0 aromatic heterocycles. The number of allylic oxidation sites excluding steroid dienone is 3. The van der Waals surface area contributed by atoms with Crippen LogP contribution in [0.3, 0.4) is 0 Å². The monoisotopic (exact) mass is 405 g/mol. The fourth-order valence-corrected chi connectivity index (χ4v) is 4.22. The normalized spacial score (nSPS) is 32.2. The predicted octanol–water partition coefficient (Wildman–Crippen LogP) is 3.61. The molecule has 1 saturated carbocycles. The molecule has 0 radical (unpaired) electrons. The fourth-order valence-electron chi connectivity index (χ4n) is 4.22. The lowest BCUT2D eigenvalue weighted by molar-refractivity contribution is -0.151. The first-order valence-corrected chi connectivity index (χ1v) is 10.1. The number of alkyl carbamates (subject to hydrolysis) is 1. The van der Waals surface area contributed by atoms with Crippen LogP contribution in [0, 0.1) is 11.8 Å². The lowest BCUT2D eigenvalue weighted by Gasteiger charge is -2.35. The Labute approximate surface area is 172 Å². The largest absolute Gasteiger partial charge is 0.461 e. The molecule has 29 heavy (non-hydrogen) atoms. The van der Waals surface area contributed by atoms with Gasteiger partial charge >= 0.3 is 12.1 Å². The Morgan fingerprint density at radius 1 is 1.31 bits per heavy atom. The van der Waals surface area contributed by atoms with Gasteiger partial charge in [-0.2, -0.15) is 0 Å². The van der Waals surface area contributed by atoms with Crippen LogP contribution >= 0.6 is 0 Å². The van der Waals surface area contributed by atoms with Gasteiger partial charge in [-0.05, 0) is 53.0 Å². The van der Waals surface area contributed by atoms with E-state index >= 15 is 0 Å². The number of rotatable bonds is 7. The van der Waals surface area contributed by atoms with Gasteiger partial charge in [0.25, 0.3) is 6.29 Å². The fraction of sp³-hybridized carbons (Fsp3) is 0.636. The summed E-state index contributed by atoms with van der Waals surface area (Å²) in [6, 6.07) is 0. The summed E-state index contributed by atoms with van der Waals surface area (Å²) in [5, 5.41) is 2.42. The SMILES string of the molecule is CNC(=O)O[C@@H]1OC=C(C(=O)OCC=C(C)CCC=C(C)C)[C@H]2C[C@@H]3O[C@]3(C)[C@@H]12. The number of epoxide rings is 1.